The van der Waals surface area contributed by atoms with Crippen molar-refractivity contribution in [2.24, 2.45) is 4.99 Å². The summed E-state index contributed by atoms with van der Waals surface area (Å²) in [5.74, 6) is 1.12. The Labute approximate surface area is 155 Å². The highest BCUT2D eigenvalue weighted by Gasteiger charge is 2.27. The van der Waals surface area contributed by atoms with Gasteiger partial charge in [-0.3, -0.25) is 0 Å². The van der Waals surface area contributed by atoms with E-state index in [9.17, 15) is 5.11 Å². The summed E-state index contributed by atoms with van der Waals surface area (Å²) in [6.07, 6.45) is 1.86. The molecule has 1 aliphatic rings. The average Bonchev–Trinajstić information content (AvgIpc) is 2.99. The van der Waals surface area contributed by atoms with Crippen LogP contribution in [0.25, 0.3) is 0 Å². The van der Waals surface area contributed by atoms with E-state index in [0.29, 0.717) is 6.54 Å². The van der Waals surface area contributed by atoms with Crippen molar-refractivity contribution in [2.45, 2.75) is 18.7 Å². The first kappa shape index (κ1) is 16.2. The highest BCUT2D eigenvalue weighted by atomic mass is 35.5. The van der Waals surface area contributed by atoms with Gasteiger partial charge in [0.05, 0.1) is 23.0 Å². The van der Waals surface area contributed by atoms with E-state index in [2.05, 4.69) is 5.10 Å². The molecule has 1 aromatic heterocycles. The summed E-state index contributed by atoms with van der Waals surface area (Å²) in [7, 11) is 0. The molecule has 2 heterocycles. The third kappa shape index (κ3) is 3.17. The predicted molar refractivity (Wildman–Crippen MR) is 103 cm³/mol. The Morgan fingerprint density at radius 2 is 2.04 bits per heavy atom. The van der Waals surface area contributed by atoms with E-state index in [1.54, 1.807) is 23.9 Å². The van der Waals surface area contributed by atoms with Crippen LogP contribution < -0.4 is 0 Å². The van der Waals surface area contributed by atoms with Crippen LogP contribution in [-0.4, -0.2) is 19.9 Å². The van der Waals surface area contributed by atoms with Crippen LogP contribution in [0.2, 0.25) is 5.02 Å². The number of hydrogen-bond acceptors (Lipinski definition) is 4. The van der Waals surface area contributed by atoms with Gasteiger partial charge in [0.25, 0.3) is 0 Å². The first-order valence-corrected chi connectivity index (χ1v) is 9.17. The maximum Gasteiger partial charge on any atom is 0.156 e. The Kier molecular flexibility index (Phi) is 4.27. The number of benzene rings is 2. The molecule has 1 N–H and O–H groups in total. The van der Waals surface area contributed by atoms with Gasteiger partial charge in [-0.05, 0) is 36.2 Å². The lowest BCUT2D eigenvalue weighted by molar-refractivity contribution is 0.474. The molecule has 0 saturated carbocycles. The molecular formula is C19H16ClN3OS. The molecule has 0 fully saturated rings. The first-order chi connectivity index (χ1) is 12.1. The molecule has 1 atom stereocenters. The van der Waals surface area contributed by atoms with Gasteiger partial charge < -0.3 is 5.11 Å². The maximum atomic E-state index is 9.81. The van der Waals surface area contributed by atoms with E-state index >= 15 is 0 Å². The summed E-state index contributed by atoms with van der Waals surface area (Å²) < 4.78 is 1.88. The maximum absolute atomic E-state index is 9.81. The third-order valence-corrected chi connectivity index (χ3v) is 5.69. The van der Waals surface area contributed by atoms with Gasteiger partial charge in [0.2, 0.25) is 0 Å². The standard InChI is InChI=1S/C19H16ClN3OS/c1-12-22-19-16(18(25-12)13-6-4-7-15(24)9-13)10-21-23(19)11-14-5-2-3-8-17(14)20/h2-10,18,24H,11H2,1H3/t18-/m0/s1. The van der Waals surface area contributed by atoms with Gasteiger partial charge in [-0.2, -0.15) is 5.10 Å². The molecule has 0 bridgehead atoms. The van der Waals surface area contributed by atoms with Crippen LogP contribution in [0.3, 0.4) is 0 Å². The van der Waals surface area contributed by atoms with Gasteiger partial charge >= 0.3 is 0 Å². The average molecular weight is 370 g/mol. The number of hydrogen-bond donors (Lipinski definition) is 1. The Balaban J connectivity index is 1.74. The SMILES string of the molecule is CC1=Nc2c(cnn2Cc2ccccc2Cl)[C@H](c2cccc(O)c2)S1. The summed E-state index contributed by atoms with van der Waals surface area (Å²) in [5, 5.41) is 16.1. The van der Waals surface area contributed by atoms with Gasteiger partial charge in [0.15, 0.2) is 5.82 Å². The van der Waals surface area contributed by atoms with E-state index in [-0.39, 0.29) is 11.0 Å². The molecule has 4 rings (SSSR count). The van der Waals surface area contributed by atoms with Crippen molar-refractivity contribution in [1.29, 1.82) is 0 Å². The van der Waals surface area contributed by atoms with Crippen molar-refractivity contribution >= 4 is 34.2 Å². The molecule has 126 valence electrons. The van der Waals surface area contributed by atoms with Crippen LogP contribution in [0.1, 0.15) is 28.9 Å². The summed E-state index contributed by atoms with van der Waals surface area (Å²) in [6, 6.07) is 15.1. The number of aromatic nitrogens is 2. The van der Waals surface area contributed by atoms with Gasteiger partial charge in [-0.1, -0.05) is 53.7 Å². The normalized spacial score (nSPS) is 16.4. The number of rotatable bonds is 3. The van der Waals surface area contributed by atoms with Crippen molar-refractivity contribution in [3.05, 3.63) is 76.4 Å². The Morgan fingerprint density at radius 1 is 1.20 bits per heavy atom. The van der Waals surface area contributed by atoms with Gasteiger partial charge in [-0.15, -0.1) is 0 Å². The molecule has 3 aromatic rings. The highest BCUT2D eigenvalue weighted by Crippen LogP contribution is 2.45. The van der Waals surface area contributed by atoms with Crippen LogP contribution in [0.4, 0.5) is 5.82 Å². The summed E-state index contributed by atoms with van der Waals surface area (Å²) >= 11 is 7.96. The number of nitrogens with zero attached hydrogens (tertiary/aromatic N) is 3. The van der Waals surface area contributed by atoms with E-state index < -0.39 is 0 Å². The van der Waals surface area contributed by atoms with Crippen LogP contribution >= 0.6 is 23.4 Å². The van der Waals surface area contributed by atoms with E-state index in [1.165, 1.54) is 0 Å². The fourth-order valence-electron chi connectivity index (χ4n) is 2.95. The molecule has 0 saturated heterocycles. The fourth-order valence-corrected chi connectivity index (χ4v) is 4.20. The minimum Gasteiger partial charge on any atom is -0.508 e. The number of fused-ring (bicyclic) bond motifs is 1. The molecule has 6 heteroatoms. The summed E-state index contributed by atoms with van der Waals surface area (Å²) in [4.78, 5) is 4.70. The summed E-state index contributed by atoms with van der Waals surface area (Å²) in [6.45, 7) is 2.57. The number of halogens is 1. The molecule has 0 radical (unpaired) electrons. The third-order valence-electron chi connectivity index (χ3n) is 4.12. The van der Waals surface area contributed by atoms with Gasteiger partial charge in [-0.25, -0.2) is 9.67 Å². The van der Waals surface area contributed by atoms with Gasteiger partial charge in [0.1, 0.15) is 5.75 Å². The number of phenols is 1. The minimum atomic E-state index is 0.0691. The largest absolute Gasteiger partial charge is 0.508 e. The number of thioether (sulfide) groups is 1. The zero-order chi connectivity index (χ0) is 17.4. The zero-order valence-electron chi connectivity index (χ0n) is 13.6. The predicted octanol–water partition coefficient (Wildman–Crippen LogP) is 5.18. The monoisotopic (exact) mass is 369 g/mol. The number of aromatic hydroxyl groups is 1. The van der Waals surface area contributed by atoms with Crippen LogP contribution in [0.15, 0.2) is 59.7 Å². The molecule has 25 heavy (non-hydrogen) atoms. The van der Waals surface area contributed by atoms with E-state index in [1.807, 2.05) is 54.2 Å². The van der Waals surface area contributed by atoms with Crippen molar-refractivity contribution < 1.29 is 5.11 Å². The lowest BCUT2D eigenvalue weighted by Gasteiger charge is -2.21. The minimum absolute atomic E-state index is 0.0691. The molecule has 4 nitrogen and oxygen atoms in total. The highest BCUT2D eigenvalue weighted by molar-refractivity contribution is 8.14. The topological polar surface area (TPSA) is 50.4 Å². The van der Waals surface area contributed by atoms with Crippen LogP contribution in [0, 0.1) is 0 Å². The molecule has 0 amide bonds. The second-order valence-electron chi connectivity index (χ2n) is 5.90. The van der Waals surface area contributed by atoms with E-state index in [4.69, 9.17) is 16.6 Å². The van der Waals surface area contributed by atoms with Crippen molar-refractivity contribution in [3.8, 4) is 5.75 Å². The van der Waals surface area contributed by atoms with E-state index in [0.717, 1.165) is 32.6 Å². The Morgan fingerprint density at radius 3 is 2.84 bits per heavy atom. The second-order valence-corrected chi connectivity index (χ2v) is 7.60. The molecule has 2 aromatic carbocycles. The lowest BCUT2D eigenvalue weighted by Crippen LogP contribution is -2.07. The first-order valence-electron chi connectivity index (χ1n) is 7.92. The molecule has 0 aliphatic carbocycles. The Hall–Kier alpha value is -2.24. The summed E-state index contributed by atoms with van der Waals surface area (Å²) in [5.41, 5.74) is 3.10. The smallest absolute Gasteiger partial charge is 0.156 e. The van der Waals surface area contributed by atoms with Crippen molar-refractivity contribution in [3.63, 3.8) is 0 Å². The number of phenolic OH excluding ortho intramolecular Hbond substituents is 1. The second kappa shape index (κ2) is 6.58. The zero-order valence-corrected chi connectivity index (χ0v) is 15.1. The fraction of sp³-hybridized carbons (Fsp3) is 0.158. The molecule has 0 spiro atoms. The van der Waals surface area contributed by atoms with Crippen LogP contribution in [-0.2, 0) is 6.54 Å². The molecule has 1 aliphatic heterocycles. The van der Waals surface area contributed by atoms with Crippen molar-refractivity contribution in [1.82, 2.24) is 9.78 Å². The lowest BCUT2D eigenvalue weighted by atomic mass is 10.1. The van der Waals surface area contributed by atoms with Gasteiger partial charge in [0, 0.05) is 10.6 Å². The number of aliphatic imine (C=N–C) groups is 1. The molecular weight excluding hydrogens is 354 g/mol. The molecule has 0 unspecified atom stereocenters. The van der Waals surface area contributed by atoms with Crippen molar-refractivity contribution in [2.75, 3.05) is 0 Å². The Bertz CT molecular complexity index is 967. The van der Waals surface area contributed by atoms with Crippen LogP contribution in [0.5, 0.6) is 5.75 Å². The quantitative estimate of drug-likeness (QED) is 0.692.